The quantitative estimate of drug-likeness (QED) is 0.393. The molecule has 0 aliphatic carbocycles. The molecule has 2 atom stereocenters. The monoisotopic (exact) mass is 292 g/mol. The fourth-order valence-electron chi connectivity index (χ4n) is 1.85. The molecule has 2 unspecified atom stereocenters. The van der Waals surface area contributed by atoms with E-state index in [0.29, 0.717) is 6.42 Å². The molecule has 0 radical (unpaired) electrons. The summed E-state index contributed by atoms with van der Waals surface area (Å²) < 4.78 is 0. The first-order chi connectivity index (χ1) is 7.51. The molecule has 0 saturated carbocycles. The van der Waals surface area contributed by atoms with Gasteiger partial charge in [0.25, 0.3) is 0 Å². The van der Waals surface area contributed by atoms with E-state index in [9.17, 15) is 19.8 Å². The Morgan fingerprint density at radius 2 is 1.63 bits per heavy atom. The number of carboxylic acids is 2. The van der Waals surface area contributed by atoms with Gasteiger partial charge >= 0.3 is 59.1 Å². The largest absolute Gasteiger partial charge is 1.00 e. The summed E-state index contributed by atoms with van der Waals surface area (Å²) in [6, 6.07) is 0. The summed E-state index contributed by atoms with van der Waals surface area (Å²) in [5.41, 5.74) is 0. The van der Waals surface area contributed by atoms with Crippen LogP contribution in [0, 0.1) is 11.8 Å². The van der Waals surface area contributed by atoms with Crippen molar-refractivity contribution in [2.75, 3.05) is 0 Å². The van der Waals surface area contributed by atoms with Crippen LogP contribution in [-0.2, 0) is 9.59 Å². The Bertz CT molecular complexity index is 236. The fraction of sp³-hybridized carbons (Fsp3) is 0.833. The van der Waals surface area contributed by atoms with Crippen LogP contribution in [0.3, 0.4) is 0 Å². The first-order valence-corrected chi connectivity index (χ1v) is 5.91. The van der Waals surface area contributed by atoms with Crippen LogP contribution < -0.4 is 69.3 Å². The van der Waals surface area contributed by atoms with Crippen LogP contribution in [0.1, 0.15) is 52.4 Å². The molecule has 5 nitrogen and oxygen atoms in total. The van der Waals surface area contributed by atoms with Gasteiger partial charge in [-0.1, -0.05) is 39.5 Å². The van der Waals surface area contributed by atoms with Crippen molar-refractivity contribution in [3.8, 4) is 0 Å². The second kappa shape index (κ2) is 17.0. The molecular formula is C12H22Na2O5. The maximum atomic E-state index is 10.8. The number of aliphatic carboxylic acids is 2. The molecule has 0 aromatic rings. The zero-order valence-corrected chi connectivity index (χ0v) is 16.5. The van der Waals surface area contributed by atoms with Crippen LogP contribution in [-0.4, -0.2) is 17.4 Å². The first-order valence-electron chi connectivity index (χ1n) is 5.91. The predicted octanol–water partition coefficient (Wildman–Crippen LogP) is -6.72. The second-order valence-electron chi connectivity index (χ2n) is 4.24. The van der Waals surface area contributed by atoms with E-state index in [1.165, 1.54) is 0 Å². The van der Waals surface area contributed by atoms with Gasteiger partial charge in [-0.2, -0.15) is 0 Å². The van der Waals surface area contributed by atoms with Crippen LogP contribution >= 0.6 is 0 Å². The number of unbranched alkanes of at least 4 members (excludes halogenated alkanes) is 1. The Labute approximate surface area is 159 Å². The molecule has 0 fully saturated rings. The molecular weight excluding hydrogens is 270 g/mol. The van der Waals surface area contributed by atoms with Crippen molar-refractivity contribution in [2.45, 2.75) is 52.4 Å². The van der Waals surface area contributed by atoms with Gasteiger partial charge in [-0.15, -0.1) is 0 Å². The maximum absolute atomic E-state index is 10.8. The zero-order chi connectivity index (χ0) is 12.6. The molecule has 0 heterocycles. The molecule has 0 aromatic carbocycles. The van der Waals surface area contributed by atoms with Crippen molar-refractivity contribution in [1.82, 2.24) is 0 Å². The number of carbonyl (C=O) groups excluding carboxylic acids is 2. The Hall–Kier alpha value is 0.900. The molecule has 0 spiro atoms. The van der Waals surface area contributed by atoms with E-state index >= 15 is 0 Å². The molecule has 0 amide bonds. The van der Waals surface area contributed by atoms with E-state index in [1.54, 1.807) is 0 Å². The van der Waals surface area contributed by atoms with Crippen molar-refractivity contribution in [1.29, 1.82) is 0 Å². The smallest absolute Gasteiger partial charge is 0.550 e. The van der Waals surface area contributed by atoms with Crippen LogP contribution in [0.4, 0.5) is 0 Å². The Kier molecular flexibility index (Phi) is 25.1. The van der Waals surface area contributed by atoms with Gasteiger partial charge in [0.1, 0.15) is 0 Å². The standard InChI is InChI=1S/C12H22O4.2Na.H2O/c1-3-5-6-9(4-2)7-10(12(15)16)8-11(13)14;;;/h9-10H,3-8H2,1-2H3,(H,13,14)(H,15,16);;;1H2/q;2*+1;/p-2. The third-order valence-corrected chi connectivity index (χ3v) is 2.91. The first kappa shape index (κ1) is 28.1. The minimum atomic E-state index is -1.32. The van der Waals surface area contributed by atoms with Crippen molar-refractivity contribution >= 4 is 11.9 Å². The minimum absolute atomic E-state index is 0. The Morgan fingerprint density at radius 3 is 1.95 bits per heavy atom. The average molecular weight is 292 g/mol. The Morgan fingerprint density at radius 1 is 1.11 bits per heavy atom. The van der Waals surface area contributed by atoms with Gasteiger partial charge in [0, 0.05) is 17.9 Å². The normalized spacial score (nSPS) is 12.1. The number of rotatable bonds is 9. The molecule has 102 valence electrons. The topological polar surface area (TPSA) is 112 Å². The molecule has 7 heteroatoms. The van der Waals surface area contributed by atoms with E-state index in [-0.39, 0.29) is 70.5 Å². The fourth-order valence-corrected chi connectivity index (χ4v) is 1.85. The van der Waals surface area contributed by atoms with E-state index in [1.807, 2.05) is 6.92 Å². The number of hydrogen-bond acceptors (Lipinski definition) is 4. The summed E-state index contributed by atoms with van der Waals surface area (Å²) in [7, 11) is 0. The summed E-state index contributed by atoms with van der Waals surface area (Å²) in [5.74, 6) is -3.24. The Balaban J connectivity index is -0.000000375. The number of hydrogen-bond donors (Lipinski definition) is 0. The summed E-state index contributed by atoms with van der Waals surface area (Å²) in [6.07, 6.45) is 3.87. The summed E-state index contributed by atoms with van der Waals surface area (Å²) in [6.45, 7) is 4.07. The van der Waals surface area contributed by atoms with Gasteiger partial charge in [0.05, 0.1) is 0 Å². The molecule has 0 bridgehead atoms. The van der Waals surface area contributed by atoms with E-state index < -0.39 is 24.3 Å². The molecule has 19 heavy (non-hydrogen) atoms. The maximum Gasteiger partial charge on any atom is 1.00 e. The summed E-state index contributed by atoms with van der Waals surface area (Å²) >= 11 is 0. The molecule has 0 aliphatic rings. The van der Waals surface area contributed by atoms with Crippen LogP contribution in [0.5, 0.6) is 0 Å². The minimum Gasteiger partial charge on any atom is -0.550 e. The third-order valence-electron chi connectivity index (χ3n) is 2.91. The van der Waals surface area contributed by atoms with Crippen molar-refractivity contribution in [2.24, 2.45) is 11.8 Å². The van der Waals surface area contributed by atoms with Crippen molar-refractivity contribution in [3.05, 3.63) is 0 Å². The van der Waals surface area contributed by atoms with E-state index in [0.717, 1.165) is 25.7 Å². The van der Waals surface area contributed by atoms with Crippen molar-refractivity contribution < 1.29 is 84.4 Å². The average Bonchev–Trinajstić information content (AvgIpc) is 2.21. The van der Waals surface area contributed by atoms with Crippen molar-refractivity contribution in [3.63, 3.8) is 0 Å². The predicted molar refractivity (Wildman–Crippen MR) is 59.7 cm³/mol. The van der Waals surface area contributed by atoms with Gasteiger partial charge in [0.15, 0.2) is 0 Å². The van der Waals surface area contributed by atoms with Gasteiger partial charge in [0.2, 0.25) is 0 Å². The van der Waals surface area contributed by atoms with Gasteiger partial charge < -0.3 is 25.3 Å². The van der Waals surface area contributed by atoms with Crippen LogP contribution in [0.15, 0.2) is 0 Å². The van der Waals surface area contributed by atoms with E-state index in [4.69, 9.17) is 0 Å². The summed E-state index contributed by atoms with van der Waals surface area (Å²) in [5, 5.41) is 21.2. The van der Waals surface area contributed by atoms with Crippen LogP contribution in [0.2, 0.25) is 0 Å². The SMILES string of the molecule is CCCCC(CC)CC(CC(=O)[O-])C(=O)[O-].O.[Na+].[Na+]. The number of carboxylic acid groups (broad SMARTS) is 2. The molecule has 0 aromatic heterocycles. The molecule has 2 N–H and O–H groups in total. The molecule has 0 rings (SSSR count). The number of carbonyl (C=O) groups is 2. The molecule has 0 saturated heterocycles. The third kappa shape index (κ3) is 15.1. The molecule has 0 aliphatic heterocycles. The van der Waals surface area contributed by atoms with Gasteiger partial charge in [-0.25, -0.2) is 0 Å². The zero-order valence-electron chi connectivity index (χ0n) is 12.5. The van der Waals surface area contributed by atoms with E-state index in [2.05, 4.69) is 6.92 Å². The second-order valence-corrected chi connectivity index (χ2v) is 4.24. The van der Waals surface area contributed by atoms with Gasteiger partial charge in [-0.3, -0.25) is 0 Å². The van der Waals surface area contributed by atoms with Gasteiger partial charge in [-0.05, 0) is 18.8 Å². The summed E-state index contributed by atoms with van der Waals surface area (Å²) in [4.78, 5) is 21.2. The van der Waals surface area contributed by atoms with Crippen LogP contribution in [0.25, 0.3) is 0 Å².